The Balaban J connectivity index is 1.96. The van der Waals surface area contributed by atoms with Crippen LogP contribution in [0.1, 0.15) is 44.9 Å². The Labute approximate surface area is 226 Å². The summed E-state index contributed by atoms with van der Waals surface area (Å²) in [6, 6.07) is 12.4. The average molecular weight is 536 g/mol. The van der Waals surface area contributed by atoms with Crippen molar-refractivity contribution in [1.29, 1.82) is 0 Å². The van der Waals surface area contributed by atoms with Gasteiger partial charge in [0.25, 0.3) is 11.5 Å². The van der Waals surface area contributed by atoms with Gasteiger partial charge in [0.15, 0.2) is 16.3 Å². The van der Waals surface area contributed by atoms with E-state index in [1.54, 1.807) is 23.7 Å². The van der Waals surface area contributed by atoms with Crippen LogP contribution in [0.4, 0.5) is 0 Å². The second-order valence-electron chi connectivity index (χ2n) is 8.64. The Bertz CT molecular complexity index is 1550. The van der Waals surface area contributed by atoms with Crippen LogP contribution in [0, 0.1) is 0 Å². The van der Waals surface area contributed by atoms with E-state index < -0.39 is 6.04 Å². The summed E-state index contributed by atoms with van der Waals surface area (Å²) in [6.07, 6.45) is 1.82. The monoisotopic (exact) mass is 535 g/mol. The lowest BCUT2D eigenvalue weighted by Gasteiger charge is -2.29. The first-order valence-electron chi connectivity index (χ1n) is 12.6. The molecule has 1 atom stereocenters. The number of fused-ring (bicyclic) bond motifs is 1. The maximum Gasteiger partial charge on any atom is 0.271 e. The molecule has 1 amide bonds. The van der Waals surface area contributed by atoms with Crippen molar-refractivity contribution < 1.29 is 19.0 Å². The molecule has 4 rings (SSSR count). The van der Waals surface area contributed by atoms with E-state index in [0.29, 0.717) is 57.5 Å². The van der Waals surface area contributed by atoms with Crippen LogP contribution in [0.15, 0.2) is 63.5 Å². The third kappa shape index (κ3) is 4.98. The van der Waals surface area contributed by atoms with Crippen LogP contribution < -0.4 is 29.1 Å². The van der Waals surface area contributed by atoms with Gasteiger partial charge in [-0.15, -0.1) is 0 Å². The van der Waals surface area contributed by atoms with E-state index >= 15 is 0 Å². The van der Waals surface area contributed by atoms with Crippen molar-refractivity contribution in [3.05, 3.63) is 84.5 Å². The molecule has 0 saturated carbocycles. The summed E-state index contributed by atoms with van der Waals surface area (Å²) in [5.41, 5.74) is 2.36. The number of aromatic nitrogens is 1. The number of allylic oxidation sites excluding steroid dienone is 1. The Morgan fingerprint density at radius 2 is 1.76 bits per heavy atom. The summed E-state index contributed by atoms with van der Waals surface area (Å²) in [4.78, 5) is 34.7. The highest BCUT2D eigenvalue weighted by Crippen LogP contribution is 2.36. The Morgan fingerprint density at radius 1 is 1.05 bits per heavy atom. The number of methoxy groups -OCH3 is 2. The molecule has 0 saturated heterocycles. The van der Waals surface area contributed by atoms with E-state index in [1.807, 2.05) is 76.2 Å². The van der Waals surface area contributed by atoms with Gasteiger partial charge >= 0.3 is 0 Å². The first-order valence-corrected chi connectivity index (χ1v) is 13.5. The van der Waals surface area contributed by atoms with Crippen LogP contribution in [-0.2, 0) is 4.79 Å². The lowest BCUT2D eigenvalue weighted by Crippen LogP contribution is -2.43. The van der Waals surface area contributed by atoms with Crippen LogP contribution in [0.3, 0.4) is 0 Å². The predicted octanol–water partition coefficient (Wildman–Crippen LogP) is 3.52. The highest BCUT2D eigenvalue weighted by atomic mass is 32.1. The number of rotatable bonds is 9. The highest BCUT2D eigenvalue weighted by Gasteiger charge is 2.35. The van der Waals surface area contributed by atoms with Gasteiger partial charge in [0, 0.05) is 18.7 Å². The number of nitrogens with zero attached hydrogens (tertiary/aromatic N) is 3. The zero-order chi connectivity index (χ0) is 27.4. The predicted molar refractivity (Wildman–Crippen MR) is 149 cm³/mol. The fraction of sp³-hybridized carbons (Fsp3) is 0.345. The van der Waals surface area contributed by atoms with Gasteiger partial charge in [0.2, 0.25) is 0 Å². The molecule has 0 aliphatic carbocycles. The fourth-order valence-corrected chi connectivity index (χ4v) is 5.71. The number of likely N-dealkylation sites (N-methyl/N-ethyl adjacent to an activating group) is 1. The molecule has 2 heterocycles. The number of amides is 1. The molecular formula is C29H33N3O5S. The number of hydrogen-bond donors (Lipinski definition) is 0. The number of benzene rings is 2. The summed E-state index contributed by atoms with van der Waals surface area (Å²) < 4.78 is 18.9. The zero-order valence-corrected chi connectivity index (χ0v) is 23.4. The lowest BCUT2D eigenvalue weighted by molar-refractivity contribution is -0.127. The topological polar surface area (TPSA) is 82.4 Å². The number of hydrogen-bond acceptors (Lipinski definition) is 7. The molecule has 0 unspecified atom stereocenters. The minimum atomic E-state index is -0.674. The van der Waals surface area contributed by atoms with Crippen LogP contribution in [-0.4, -0.2) is 49.3 Å². The minimum Gasteiger partial charge on any atom is -0.496 e. The molecule has 0 fully saturated rings. The third-order valence-electron chi connectivity index (χ3n) is 6.52. The van der Waals surface area contributed by atoms with Crippen molar-refractivity contribution in [3.63, 3.8) is 0 Å². The van der Waals surface area contributed by atoms with Gasteiger partial charge in [-0.3, -0.25) is 14.2 Å². The number of carbonyl (C=O) groups is 1. The Hall–Kier alpha value is -3.85. The summed E-state index contributed by atoms with van der Waals surface area (Å²) in [5.74, 6) is 1.68. The SMILES string of the molecule is CCOc1cc(/C=c2/sc3n(c2=O)[C@H](c2ccccc2OC)C(C(=O)N(CC)CC)=C(C)N=3)ccc1OC. The van der Waals surface area contributed by atoms with Gasteiger partial charge in [-0.05, 0) is 57.5 Å². The van der Waals surface area contributed by atoms with Crippen LogP contribution in [0.2, 0.25) is 0 Å². The van der Waals surface area contributed by atoms with Crippen molar-refractivity contribution in [2.45, 2.75) is 33.7 Å². The molecule has 0 radical (unpaired) electrons. The van der Waals surface area contributed by atoms with Gasteiger partial charge in [-0.1, -0.05) is 35.6 Å². The lowest BCUT2D eigenvalue weighted by atomic mass is 9.94. The molecule has 0 N–H and O–H groups in total. The average Bonchev–Trinajstić information content (AvgIpc) is 3.22. The third-order valence-corrected chi connectivity index (χ3v) is 7.50. The standard InChI is InChI=1S/C29H33N3O5S/c1-7-31(8-2)28(34)25-18(4)30-29-32(26(25)20-12-10-11-13-21(20)35-5)27(33)24(38-29)17-19-14-15-22(36-6)23(16-19)37-9-3/h10-17,26H,7-9H2,1-6H3/b24-17+/t26-/m1/s1. The van der Waals surface area contributed by atoms with E-state index in [9.17, 15) is 9.59 Å². The first-order chi connectivity index (χ1) is 18.4. The van der Waals surface area contributed by atoms with Gasteiger partial charge in [0.1, 0.15) is 11.8 Å². The van der Waals surface area contributed by atoms with Gasteiger partial charge in [-0.2, -0.15) is 0 Å². The second kappa shape index (κ2) is 11.7. The Kier molecular flexibility index (Phi) is 8.36. The molecule has 3 aromatic rings. The number of thiazole rings is 1. The van der Waals surface area contributed by atoms with Gasteiger partial charge in [-0.25, -0.2) is 4.99 Å². The summed E-state index contributed by atoms with van der Waals surface area (Å²) >= 11 is 1.29. The molecule has 0 spiro atoms. The molecule has 1 aromatic heterocycles. The molecule has 1 aliphatic heterocycles. The largest absolute Gasteiger partial charge is 0.496 e. The van der Waals surface area contributed by atoms with Crippen LogP contribution >= 0.6 is 11.3 Å². The van der Waals surface area contributed by atoms with Gasteiger partial charge < -0.3 is 19.1 Å². The molecule has 0 bridgehead atoms. The minimum absolute atomic E-state index is 0.141. The summed E-state index contributed by atoms with van der Waals surface area (Å²) in [7, 11) is 3.18. The Morgan fingerprint density at radius 3 is 2.42 bits per heavy atom. The van der Waals surface area contributed by atoms with Crippen molar-refractivity contribution in [2.75, 3.05) is 33.9 Å². The van der Waals surface area contributed by atoms with E-state index in [2.05, 4.69) is 0 Å². The molecule has 1 aliphatic rings. The molecule has 9 heteroatoms. The summed E-state index contributed by atoms with van der Waals surface area (Å²) in [6.45, 7) is 9.20. The van der Waals surface area contributed by atoms with Crippen molar-refractivity contribution in [1.82, 2.24) is 9.47 Å². The molecule has 2 aromatic carbocycles. The van der Waals surface area contributed by atoms with Crippen molar-refractivity contribution in [3.8, 4) is 17.2 Å². The fourth-order valence-electron chi connectivity index (χ4n) is 4.67. The van der Waals surface area contributed by atoms with E-state index in [0.717, 1.165) is 11.1 Å². The first kappa shape index (κ1) is 27.2. The summed E-state index contributed by atoms with van der Waals surface area (Å²) in [5, 5.41) is 0. The number of ether oxygens (including phenoxy) is 3. The number of para-hydroxylation sites is 1. The normalized spacial score (nSPS) is 15.1. The van der Waals surface area contributed by atoms with E-state index in [4.69, 9.17) is 19.2 Å². The van der Waals surface area contributed by atoms with Crippen molar-refractivity contribution in [2.24, 2.45) is 4.99 Å². The van der Waals surface area contributed by atoms with Crippen LogP contribution in [0.25, 0.3) is 6.08 Å². The van der Waals surface area contributed by atoms with Gasteiger partial charge in [0.05, 0.1) is 36.6 Å². The molecule has 8 nitrogen and oxygen atoms in total. The molecular weight excluding hydrogens is 502 g/mol. The molecule has 200 valence electrons. The maximum absolute atomic E-state index is 14.0. The van der Waals surface area contributed by atoms with Crippen LogP contribution in [0.5, 0.6) is 17.2 Å². The van der Waals surface area contributed by atoms with E-state index in [-0.39, 0.29) is 11.5 Å². The van der Waals surface area contributed by atoms with Crippen molar-refractivity contribution >= 4 is 23.3 Å². The smallest absolute Gasteiger partial charge is 0.271 e. The maximum atomic E-state index is 14.0. The zero-order valence-electron chi connectivity index (χ0n) is 22.6. The van der Waals surface area contributed by atoms with E-state index in [1.165, 1.54) is 11.3 Å². The molecule has 38 heavy (non-hydrogen) atoms. The highest BCUT2D eigenvalue weighted by molar-refractivity contribution is 7.07. The quantitative estimate of drug-likeness (QED) is 0.419. The second-order valence-corrected chi connectivity index (χ2v) is 9.65. The number of carbonyl (C=O) groups excluding carboxylic acids is 1.